The number of hydrogen-bond donors (Lipinski definition) is 0. The fourth-order valence-electron chi connectivity index (χ4n) is 10.8. The molecule has 0 unspecified atom stereocenters. The Morgan fingerprint density at radius 2 is 0.900 bits per heavy atom. The van der Waals surface area contributed by atoms with Crippen LogP contribution in [-0.2, 0) is 10.8 Å². The first-order valence-electron chi connectivity index (χ1n) is 21.3. The Morgan fingerprint density at radius 1 is 0.383 bits per heavy atom. The molecule has 0 amide bonds. The highest BCUT2D eigenvalue weighted by atomic mass is 16.3. The maximum Gasteiger partial charge on any atom is 0.143 e. The predicted octanol–water partition coefficient (Wildman–Crippen LogP) is 15.7. The highest BCUT2D eigenvalue weighted by molar-refractivity contribution is 6.19. The molecule has 3 heterocycles. The molecule has 60 heavy (non-hydrogen) atoms. The normalized spacial score (nSPS) is 15.6. The number of nitrogens with zero attached hydrogens (tertiary/aromatic N) is 2. The van der Waals surface area contributed by atoms with Crippen LogP contribution in [0, 0.1) is 5.41 Å². The number of hydrogen-bond acceptors (Lipinski definition) is 1. The Morgan fingerprint density at radius 3 is 1.57 bits per heavy atom. The van der Waals surface area contributed by atoms with Crippen LogP contribution in [0.1, 0.15) is 52.7 Å². The fourth-order valence-corrected chi connectivity index (χ4v) is 10.8. The molecule has 12 rings (SSSR count). The first kappa shape index (κ1) is 35.1. The Bertz CT molecular complexity index is 3550. The molecule has 1 aliphatic rings. The van der Waals surface area contributed by atoms with Gasteiger partial charge in [0.05, 0.1) is 27.8 Å². The van der Waals surface area contributed by atoms with Gasteiger partial charge in [-0.1, -0.05) is 157 Å². The second-order valence-corrected chi connectivity index (χ2v) is 18.6. The van der Waals surface area contributed by atoms with Gasteiger partial charge in [-0.05, 0) is 93.1 Å². The van der Waals surface area contributed by atoms with Crippen molar-refractivity contribution in [3.05, 3.63) is 181 Å². The maximum atomic E-state index is 6.49. The third-order valence-corrected chi connectivity index (χ3v) is 15.2. The van der Waals surface area contributed by atoms with E-state index in [1.807, 2.05) is 6.07 Å². The van der Waals surface area contributed by atoms with Gasteiger partial charge in [-0.25, -0.2) is 0 Å². The van der Waals surface area contributed by atoms with Crippen LogP contribution < -0.4 is 0 Å². The molecule has 3 nitrogen and oxygen atoms in total. The molecule has 0 radical (unpaired) electrons. The van der Waals surface area contributed by atoms with Crippen molar-refractivity contribution in [1.82, 2.24) is 9.13 Å². The number of aromatic nitrogens is 2. The van der Waals surface area contributed by atoms with Crippen molar-refractivity contribution in [2.75, 3.05) is 0 Å². The summed E-state index contributed by atoms with van der Waals surface area (Å²) in [5, 5.41) is 7.30. The lowest BCUT2D eigenvalue weighted by atomic mass is 9.59. The van der Waals surface area contributed by atoms with Crippen LogP contribution in [0.3, 0.4) is 0 Å². The van der Waals surface area contributed by atoms with Crippen molar-refractivity contribution in [1.29, 1.82) is 0 Å². The molecular formula is C57H46N2O. The summed E-state index contributed by atoms with van der Waals surface area (Å²) in [4.78, 5) is 0. The van der Waals surface area contributed by atoms with Crippen molar-refractivity contribution < 1.29 is 4.42 Å². The second-order valence-electron chi connectivity index (χ2n) is 18.6. The van der Waals surface area contributed by atoms with Crippen LogP contribution in [0.5, 0.6) is 0 Å². The molecule has 0 spiro atoms. The van der Waals surface area contributed by atoms with Gasteiger partial charge in [0, 0.05) is 49.1 Å². The molecule has 3 aromatic heterocycles. The molecular weight excluding hydrogens is 729 g/mol. The summed E-state index contributed by atoms with van der Waals surface area (Å²) in [5.41, 5.74) is 16.5. The van der Waals surface area contributed by atoms with Crippen LogP contribution in [-0.4, -0.2) is 9.13 Å². The molecule has 0 aliphatic heterocycles. The fraction of sp³-hybridized carbons (Fsp3) is 0.158. The topological polar surface area (TPSA) is 23.0 Å². The first-order valence-corrected chi connectivity index (χ1v) is 21.3. The maximum absolute atomic E-state index is 6.49. The highest BCUT2D eigenvalue weighted by Crippen LogP contribution is 2.62. The average Bonchev–Trinajstić information content (AvgIpc) is 3.94. The molecule has 0 N–H and O–H groups in total. The number of furan rings is 1. The van der Waals surface area contributed by atoms with Gasteiger partial charge in [0.15, 0.2) is 0 Å². The predicted molar refractivity (Wildman–Crippen MR) is 253 cm³/mol. The lowest BCUT2D eigenvalue weighted by molar-refractivity contribution is 0.125. The largest absolute Gasteiger partial charge is 0.455 e. The Kier molecular flexibility index (Phi) is 7.09. The SMILES string of the molecule is CC1(C)c2cc(-c3ccc(-c4cccc5c4oc4ccccc45)cc3)c(-n3c4ccccc4c4cc5c(cc43)c3ccccc3n5-c3ccccc3)cc2C(C)(C)C1(C)C. The van der Waals surface area contributed by atoms with E-state index < -0.39 is 0 Å². The summed E-state index contributed by atoms with van der Waals surface area (Å²) in [7, 11) is 0. The lowest BCUT2D eigenvalue weighted by Crippen LogP contribution is -2.42. The van der Waals surface area contributed by atoms with Gasteiger partial charge in [-0.3, -0.25) is 0 Å². The highest BCUT2D eigenvalue weighted by Gasteiger charge is 2.57. The lowest BCUT2D eigenvalue weighted by Gasteiger charge is -2.44. The van der Waals surface area contributed by atoms with Gasteiger partial charge in [0.25, 0.3) is 0 Å². The number of para-hydroxylation sites is 5. The van der Waals surface area contributed by atoms with Crippen molar-refractivity contribution in [2.45, 2.75) is 52.4 Å². The molecule has 0 atom stereocenters. The van der Waals surface area contributed by atoms with E-state index in [0.29, 0.717) is 0 Å². The Labute approximate surface area is 350 Å². The number of benzene rings is 8. The van der Waals surface area contributed by atoms with E-state index in [9.17, 15) is 0 Å². The minimum atomic E-state index is -0.0661. The van der Waals surface area contributed by atoms with Gasteiger partial charge < -0.3 is 13.6 Å². The standard InChI is InChI=1S/C57H46N2O/c1-55(2)46-31-43(36-29-27-35(28-30-36)38-22-16-23-42-41-21-12-15-26-53(41)60-54(38)42)52(34-47(46)56(3,4)57(55,5)6)59-49-25-14-11-20-40(49)45-32-50-44(33-51(45)59)39-19-10-13-24-48(39)58(50)37-17-8-7-9-18-37/h7-34H,1-6H3. The zero-order chi connectivity index (χ0) is 40.7. The summed E-state index contributed by atoms with van der Waals surface area (Å²) < 4.78 is 11.5. The molecule has 0 saturated carbocycles. The van der Waals surface area contributed by atoms with E-state index >= 15 is 0 Å². The summed E-state index contributed by atoms with van der Waals surface area (Å²) >= 11 is 0. The average molecular weight is 775 g/mol. The summed E-state index contributed by atoms with van der Waals surface area (Å²) in [6.45, 7) is 14.7. The molecule has 0 fully saturated rings. The van der Waals surface area contributed by atoms with E-state index in [-0.39, 0.29) is 16.2 Å². The van der Waals surface area contributed by atoms with Crippen LogP contribution in [0.25, 0.3) is 99.2 Å². The van der Waals surface area contributed by atoms with E-state index in [1.54, 1.807) is 0 Å². The molecule has 11 aromatic rings. The van der Waals surface area contributed by atoms with Crippen LogP contribution in [0.15, 0.2) is 174 Å². The third-order valence-electron chi connectivity index (χ3n) is 15.2. The van der Waals surface area contributed by atoms with E-state index in [4.69, 9.17) is 4.42 Å². The van der Waals surface area contributed by atoms with E-state index in [2.05, 4.69) is 214 Å². The summed E-state index contributed by atoms with van der Waals surface area (Å²) in [5.74, 6) is 0. The minimum Gasteiger partial charge on any atom is -0.455 e. The Balaban J connectivity index is 1.14. The van der Waals surface area contributed by atoms with Crippen LogP contribution in [0.4, 0.5) is 0 Å². The summed E-state index contributed by atoms with van der Waals surface area (Å²) in [6.07, 6.45) is 0. The zero-order valence-electron chi connectivity index (χ0n) is 35.0. The van der Waals surface area contributed by atoms with E-state index in [1.165, 1.54) is 77.2 Å². The van der Waals surface area contributed by atoms with Gasteiger partial charge in [0.1, 0.15) is 11.2 Å². The van der Waals surface area contributed by atoms with E-state index in [0.717, 1.165) is 33.1 Å². The van der Waals surface area contributed by atoms with Crippen molar-refractivity contribution in [3.63, 3.8) is 0 Å². The van der Waals surface area contributed by atoms with Crippen LogP contribution >= 0.6 is 0 Å². The monoisotopic (exact) mass is 774 g/mol. The summed E-state index contributed by atoms with van der Waals surface area (Å²) in [6, 6.07) is 62.6. The minimum absolute atomic E-state index is 0.0135. The Hall–Kier alpha value is -6.84. The molecule has 0 bridgehead atoms. The zero-order valence-corrected chi connectivity index (χ0v) is 35.0. The van der Waals surface area contributed by atoms with Gasteiger partial charge in [-0.2, -0.15) is 0 Å². The molecule has 290 valence electrons. The molecule has 8 aromatic carbocycles. The quantitative estimate of drug-likeness (QED) is 0.175. The van der Waals surface area contributed by atoms with Crippen molar-refractivity contribution in [3.8, 4) is 33.6 Å². The van der Waals surface area contributed by atoms with Crippen molar-refractivity contribution >= 4 is 65.6 Å². The second kappa shape index (κ2) is 12.1. The third kappa shape index (κ3) is 4.55. The van der Waals surface area contributed by atoms with Gasteiger partial charge in [-0.15, -0.1) is 0 Å². The molecule has 0 saturated heterocycles. The smallest absolute Gasteiger partial charge is 0.143 e. The van der Waals surface area contributed by atoms with Crippen molar-refractivity contribution in [2.24, 2.45) is 5.41 Å². The first-order chi connectivity index (χ1) is 29.0. The van der Waals surface area contributed by atoms with Crippen LogP contribution in [0.2, 0.25) is 0 Å². The molecule has 3 heteroatoms. The van der Waals surface area contributed by atoms with Gasteiger partial charge >= 0.3 is 0 Å². The number of rotatable bonds is 4. The molecule has 1 aliphatic carbocycles. The van der Waals surface area contributed by atoms with Gasteiger partial charge in [0.2, 0.25) is 0 Å². The number of fused-ring (bicyclic) bond motifs is 10.